The molecule has 2 aromatic rings. The summed E-state index contributed by atoms with van der Waals surface area (Å²) in [4.78, 5) is 17.3. The van der Waals surface area contributed by atoms with Crippen LogP contribution in [0.4, 0.5) is 5.69 Å². The van der Waals surface area contributed by atoms with Crippen molar-refractivity contribution in [3.05, 3.63) is 29.4 Å². The molecule has 2 aromatic heterocycles. The van der Waals surface area contributed by atoms with E-state index in [1.165, 1.54) is 11.3 Å². The third-order valence-electron chi connectivity index (χ3n) is 3.28. The number of allylic oxidation sites excluding steroid dienone is 2. The van der Waals surface area contributed by atoms with Gasteiger partial charge >= 0.3 is 0 Å². The van der Waals surface area contributed by atoms with Gasteiger partial charge in [0.2, 0.25) is 5.91 Å². The summed E-state index contributed by atoms with van der Waals surface area (Å²) in [6.45, 7) is 1.77. The lowest BCUT2D eigenvalue weighted by atomic mass is 9.93. The number of aryl methyl sites for hydroxylation is 1. The lowest BCUT2D eigenvalue weighted by Gasteiger charge is -2.17. The summed E-state index contributed by atoms with van der Waals surface area (Å²) in [5, 5.41) is 8.67. The van der Waals surface area contributed by atoms with Gasteiger partial charge < -0.3 is 9.84 Å². The van der Waals surface area contributed by atoms with E-state index in [2.05, 4.69) is 27.6 Å². The van der Waals surface area contributed by atoms with Crippen LogP contribution < -0.4 is 5.32 Å². The molecule has 0 unspecified atom stereocenters. The zero-order chi connectivity index (χ0) is 13.9. The number of thiophene rings is 1. The largest absolute Gasteiger partial charge is 0.333 e. The van der Waals surface area contributed by atoms with E-state index < -0.39 is 0 Å². The second-order valence-corrected chi connectivity index (χ2v) is 5.70. The lowest BCUT2D eigenvalue weighted by molar-refractivity contribution is -0.120. The van der Waals surface area contributed by atoms with Crippen molar-refractivity contribution in [2.75, 3.05) is 5.32 Å². The van der Waals surface area contributed by atoms with Gasteiger partial charge in [-0.15, -0.1) is 11.3 Å². The Morgan fingerprint density at radius 3 is 3.10 bits per heavy atom. The number of hydrogen-bond donors (Lipinski definition) is 1. The molecule has 1 N–H and O–H groups in total. The Balaban J connectivity index is 1.76. The molecule has 0 radical (unpaired) electrons. The summed E-state index contributed by atoms with van der Waals surface area (Å²) in [5.41, 5.74) is 0.748. The summed E-state index contributed by atoms with van der Waals surface area (Å²) in [7, 11) is 0. The van der Waals surface area contributed by atoms with Crippen molar-refractivity contribution in [1.29, 1.82) is 0 Å². The molecule has 1 aliphatic carbocycles. The summed E-state index contributed by atoms with van der Waals surface area (Å²) in [6, 6.07) is 1.87. The van der Waals surface area contributed by atoms with Gasteiger partial charge in [0.25, 0.3) is 5.89 Å². The first-order valence-corrected chi connectivity index (χ1v) is 7.46. The molecular formula is C14H15N3O2S. The maximum absolute atomic E-state index is 12.2. The first kappa shape index (κ1) is 13.1. The van der Waals surface area contributed by atoms with E-state index in [0.717, 1.165) is 29.8 Å². The van der Waals surface area contributed by atoms with Crippen LogP contribution in [0.25, 0.3) is 10.8 Å². The van der Waals surface area contributed by atoms with Crippen molar-refractivity contribution in [3.8, 4) is 10.8 Å². The summed E-state index contributed by atoms with van der Waals surface area (Å²) in [6.07, 6.45) is 6.88. The molecule has 104 valence electrons. The number of carbonyl (C=O) groups is 1. The zero-order valence-corrected chi connectivity index (χ0v) is 11.9. The molecule has 0 saturated heterocycles. The fourth-order valence-corrected chi connectivity index (χ4v) is 3.00. The Morgan fingerprint density at radius 1 is 1.50 bits per heavy atom. The zero-order valence-electron chi connectivity index (χ0n) is 11.1. The maximum atomic E-state index is 12.2. The highest BCUT2D eigenvalue weighted by Crippen LogP contribution is 2.33. The van der Waals surface area contributed by atoms with Crippen molar-refractivity contribution in [2.24, 2.45) is 5.92 Å². The molecule has 1 aliphatic rings. The Bertz CT molecular complexity index is 644. The minimum Gasteiger partial charge on any atom is -0.333 e. The van der Waals surface area contributed by atoms with Gasteiger partial charge in [0, 0.05) is 5.92 Å². The van der Waals surface area contributed by atoms with Gasteiger partial charge in [0.05, 0.1) is 5.69 Å². The van der Waals surface area contributed by atoms with Gasteiger partial charge in [-0.1, -0.05) is 17.3 Å². The van der Waals surface area contributed by atoms with E-state index in [1.54, 1.807) is 6.92 Å². The van der Waals surface area contributed by atoms with Crippen LogP contribution >= 0.6 is 11.3 Å². The fraction of sp³-hybridized carbons (Fsp3) is 0.357. The molecule has 1 amide bonds. The average Bonchev–Trinajstić information content (AvgIpc) is 3.08. The highest BCUT2D eigenvalue weighted by atomic mass is 32.1. The molecule has 0 bridgehead atoms. The predicted molar refractivity (Wildman–Crippen MR) is 77.5 cm³/mol. The van der Waals surface area contributed by atoms with Crippen LogP contribution in [-0.2, 0) is 4.79 Å². The van der Waals surface area contributed by atoms with Crippen LogP contribution in [0.5, 0.6) is 0 Å². The third-order valence-corrected chi connectivity index (χ3v) is 4.19. The van der Waals surface area contributed by atoms with Crippen molar-refractivity contribution in [1.82, 2.24) is 10.1 Å². The third kappa shape index (κ3) is 2.65. The van der Waals surface area contributed by atoms with Gasteiger partial charge in [0.15, 0.2) is 5.82 Å². The van der Waals surface area contributed by atoms with E-state index in [0.29, 0.717) is 11.7 Å². The quantitative estimate of drug-likeness (QED) is 0.879. The molecule has 6 heteroatoms. The molecule has 5 nitrogen and oxygen atoms in total. The Labute approximate surface area is 120 Å². The number of nitrogens with zero attached hydrogens (tertiary/aromatic N) is 2. The van der Waals surface area contributed by atoms with Gasteiger partial charge in [-0.2, -0.15) is 4.98 Å². The SMILES string of the molecule is Cc1noc(-c2sccc2NC(=O)[C@H]2CC=CCC2)n1. The second-order valence-electron chi connectivity index (χ2n) is 4.78. The minimum atomic E-state index is 0.0529. The number of anilines is 1. The monoisotopic (exact) mass is 289 g/mol. The maximum Gasteiger partial charge on any atom is 0.270 e. The molecule has 0 aromatic carbocycles. The second kappa shape index (κ2) is 5.58. The average molecular weight is 289 g/mol. The predicted octanol–water partition coefficient (Wildman–Crippen LogP) is 3.40. The first-order chi connectivity index (χ1) is 9.74. The molecule has 0 fully saturated rings. The Kier molecular flexibility index (Phi) is 3.64. The van der Waals surface area contributed by atoms with Crippen molar-refractivity contribution in [3.63, 3.8) is 0 Å². The smallest absolute Gasteiger partial charge is 0.270 e. The summed E-state index contributed by atoms with van der Waals surface area (Å²) in [5.74, 6) is 1.15. The fourth-order valence-electron chi connectivity index (χ4n) is 2.23. The number of carbonyl (C=O) groups excluding carboxylic acids is 1. The van der Waals surface area contributed by atoms with Gasteiger partial charge in [-0.3, -0.25) is 4.79 Å². The highest BCUT2D eigenvalue weighted by molar-refractivity contribution is 7.14. The molecule has 0 saturated carbocycles. The van der Waals surface area contributed by atoms with E-state index in [-0.39, 0.29) is 11.8 Å². The van der Waals surface area contributed by atoms with Crippen molar-refractivity contribution >= 4 is 22.9 Å². The number of aromatic nitrogens is 2. The van der Waals surface area contributed by atoms with E-state index in [4.69, 9.17) is 4.52 Å². The normalized spacial score (nSPS) is 18.1. The van der Waals surface area contributed by atoms with Crippen LogP contribution in [0.1, 0.15) is 25.1 Å². The van der Waals surface area contributed by atoms with E-state index >= 15 is 0 Å². The molecular weight excluding hydrogens is 274 g/mol. The summed E-state index contributed by atoms with van der Waals surface area (Å²) < 4.78 is 5.16. The minimum absolute atomic E-state index is 0.0529. The van der Waals surface area contributed by atoms with Gasteiger partial charge in [-0.25, -0.2) is 0 Å². The molecule has 20 heavy (non-hydrogen) atoms. The van der Waals surface area contributed by atoms with Crippen LogP contribution in [0, 0.1) is 12.8 Å². The van der Waals surface area contributed by atoms with E-state index in [1.807, 2.05) is 11.4 Å². The van der Waals surface area contributed by atoms with Crippen LogP contribution in [0.15, 0.2) is 28.1 Å². The molecule has 2 heterocycles. The number of nitrogens with one attached hydrogen (secondary N) is 1. The Morgan fingerprint density at radius 2 is 2.40 bits per heavy atom. The molecule has 1 atom stereocenters. The topological polar surface area (TPSA) is 68.0 Å². The Hall–Kier alpha value is -1.95. The van der Waals surface area contributed by atoms with Gasteiger partial charge in [-0.05, 0) is 37.6 Å². The van der Waals surface area contributed by atoms with Crippen molar-refractivity contribution < 1.29 is 9.32 Å². The number of amides is 1. The molecule has 0 spiro atoms. The van der Waals surface area contributed by atoms with Crippen LogP contribution in [0.3, 0.4) is 0 Å². The van der Waals surface area contributed by atoms with E-state index in [9.17, 15) is 4.79 Å². The van der Waals surface area contributed by atoms with Gasteiger partial charge in [0.1, 0.15) is 4.88 Å². The molecule has 3 rings (SSSR count). The molecule has 0 aliphatic heterocycles. The standard InChI is InChI=1S/C14H15N3O2S/c1-9-15-14(19-17-9)12-11(7-8-20-12)16-13(18)10-5-3-2-4-6-10/h2-3,7-8,10H,4-6H2,1H3,(H,16,18)/t10-/m0/s1. The highest BCUT2D eigenvalue weighted by Gasteiger charge is 2.21. The lowest BCUT2D eigenvalue weighted by Crippen LogP contribution is -2.23. The van der Waals surface area contributed by atoms with Crippen LogP contribution in [-0.4, -0.2) is 16.0 Å². The number of hydrogen-bond acceptors (Lipinski definition) is 5. The van der Waals surface area contributed by atoms with Crippen LogP contribution in [0.2, 0.25) is 0 Å². The first-order valence-electron chi connectivity index (χ1n) is 6.58. The number of rotatable bonds is 3. The van der Waals surface area contributed by atoms with Crippen molar-refractivity contribution in [2.45, 2.75) is 26.2 Å². The summed E-state index contributed by atoms with van der Waals surface area (Å²) >= 11 is 1.48.